The second-order valence-electron chi connectivity index (χ2n) is 10.1. The zero-order valence-corrected chi connectivity index (χ0v) is 19.8. The minimum atomic E-state index is -0.486. The maximum Gasteiger partial charge on any atom is 0.410 e. The molecule has 7 heteroatoms. The van der Waals surface area contributed by atoms with E-state index in [-0.39, 0.29) is 16.7 Å². The van der Waals surface area contributed by atoms with Gasteiger partial charge in [-0.2, -0.15) is 0 Å². The van der Waals surface area contributed by atoms with Crippen LogP contribution in [0.15, 0.2) is 42.5 Å². The molecule has 1 amide bonds. The number of hydrogen-bond acceptors (Lipinski definition) is 5. The summed E-state index contributed by atoms with van der Waals surface area (Å²) in [6, 6.07) is 13.5. The Morgan fingerprint density at radius 3 is 2.42 bits per heavy atom. The molecule has 2 aromatic carbocycles. The maximum absolute atomic E-state index is 12.5. The van der Waals surface area contributed by atoms with E-state index in [4.69, 9.17) is 4.74 Å². The second kappa shape index (κ2) is 9.51. The number of carbonyl (C=O) groups excluding carboxylic acids is 1. The molecule has 2 aromatic rings. The van der Waals surface area contributed by atoms with Crippen molar-refractivity contribution in [1.29, 1.82) is 0 Å². The third kappa shape index (κ3) is 5.71. The second-order valence-corrected chi connectivity index (χ2v) is 10.1. The molecule has 0 radical (unpaired) electrons. The predicted molar refractivity (Wildman–Crippen MR) is 127 cm³/mol. The molecule has 0 spiro atoms. The van der Waals surface area contributed by atoms with Crippen LogP contribution in [0.4, 0.5) is 10.5 Å². The lowest BCUT2D eigenvalue weighted by Crippen LogP contribution is -2.40. The average molecular weight is 452 g/mol. The van der Waals surface area contributed by atoms with Crippen LogP contribution in [0, 0.1) is 10.1 Å². The summed E-state index contributed by atoms with van der Waals surface area (Å²) >= 11 is 0. The molecular formula is C26H33N3O4. The summed E-state index contributed by atoms with van der Waals surface area (Å²) in [5.41, 5.74) is 4.79. The van der Waals surface area contributed by atoms with Crippen molar-refractivity contribution in [3.63, 3.8) is 0 Å². The zero-order valence-electron chi connectivity index (χ0n) is 19.8. The van der Waals surface area contributed by atoms with Crippen LogP contribution in [0.5, 0.6) is 0 Å². The van der Waals surface area contributed by atoms with Gasteiger partial charge in [0, 0.05) is 31.8 Å². The number of ether oxygens (including phenoxy) is 1. The van der Waals surface area contributed by atoms with E-state index in [1.807, 2.05) is 32.9 Å². The number of benzene rings is 2. The predicted octanol–water partition coefficient (Wildman–Crippen LogP) is 5.27. The van der Waals surface area contributed by atoms with E-state index in [0.717, 1.165) is 38.9 Å². The molecule has 0 atom stereocenters. The number of piperidine rings is 1. The third-order valence-corrected chi connectivity index (χ3v) is 6.57. The topological polar surface area (TPSA) is 75.9 Å². The lowest BCUT2D eigenvalue weighted by molar-refractivity contribution is -0.384. The Morgan fingerprint density at radius 1 is 1.09 bits per heavy atom. The van der Waals surface area contributed by atoms with Crippen LogP contribution in [0.1, 0.15) is 61.8 Å². The van der Waals surface area contributed by atoms with E-state index in [2.05, 4.69) is 23.1 Å². The van der Waals surface area contributed by atoms with E-state index in [0.29, 0.717) is 19.0 Å². The lowest BCUT2D eigenvalue weighted by Gasteiger charge is -2.35. The maximum atomic E-state index is 12.5. The highest BCUT2D eigenvalue weighted by Gasteiger charge is 2.27. The summed E-state index contributed by atoms with van der Waals surface area (Å²) < 4.78 is 5.55. The highest BCUT2D eigenvalue weighted by molar-refractivity contribution is 5.68. The van der Waals surface area contributed by atoms with Crippen LogP contribution in [-0.2, 0) is 24.2 Å². The summed E-state index contributed by atoms with van der Waals surface area (Å²) in [5, 5.41) is 10.9. The smallest absolute Gasteiger partial charge is 0.410 e. The molecule has 4 rings (SSSR count). The highest BCUT2D eigenvalue weighted by Crippen LogP contribution is 2.31. The average Bonchev–Trinajstić information content (AvgIpc) is 2.78. The molecule has 1 saturated heterocycles. The fourth-order valence-corrected chi connectivity index (χ4v) is 4.85. The van der Waals surface area contributed by atoms with E-state index < -0.39 is 5.60 Å². The van der Waals surface area contributed by atoms with Gasteiger partial charge in [0.25, 0.3) is 5.69 Å². The molecule has 0 unspecified atom stereocenters. The number of hydrogen-bond donors (Lipinski definition) is 0. The van der Waals surface area contributed by atoms with Gasteiger partial charge in [-0.3, -0.25) is 15.0 Å². The summed E-state index contributed by atoms with van der Waals surface area (Å²) in [5.74, 6) is 0.453. The molecule has 0 aliphatic carbocycles. The van der Waals surface area contributed by atoms with E-state index >= 15 is 0 Å². The fourth-order valence-electron chi connectivity index (χ4n) is 4.85. The number of rotatable bonds is 4. The Morgan fingerprint density at radius 2 is 1.79 bits per heavy atom. The molecule has 1 fully saturated rings. The number of fused-ring (bicyclic) bond motifs is 1. The SMILES string of the molecule is CC(C)(C)OC(=O)N1CCc2c(CN3CCC(c4ccc([N+](=O)[O-])cc4)CC3)cccc2C1. The normalized spacial score (nSPS) is 17.5. The standard InChI is InChI=1S/C26H33N3O4/c1-26(2,3)33-25(30)28-16-13-24-21(5-4-6-22(24)18-28)17-27-14-11-20(12-15-27)19-7-9-23(10-8-19)29(31)32/h4-10,20H,11-18H2,1-3H3. The largest absolute Gasteiger partial charge is 0.444 e. The molecule has 2 aliphatic heterocycles. The van der Waals surface area contributed by atoms with Gasteiger partial charge in [-0.05, 0) is 81.3 Å². The quantitative estimate of drug-likeness (QED) is 0.468. The van der Waals surface area contributed by atoms with Crippen LogP contribution in [0.25, 0.3) is 0 Å². The molecule has 2 heterocycles. The third-order valence-electron chi connectivity index (χ3n) is 6.57. The minimum absolute atomic E-state index is 0.148. The van der Waals surface area contributed by atoms with Crippen molar-refractivity contribution < 1.29 is 14.5 Å². The molecule has 0 N–H and O–H groups in total. The van der Waals surface area contributed by atoms with Crippen LogP contribution in [0.2, 0.25) is 0 Å². The number of carbonyl (C=O) groups is 1. The van der Waals surface area contributed by atoms with Gasteiger partial charge >= 0.3 is 6.09 Å². The molecule has 0 saturated carbocycles. The Balaban J connectivity index is 1.35. The van der Waals surface area contributed by atoms with Gasteiger partial charge in [-0.15, -0.1) is 0 Å². The number of amides is 1. The van der Waals surface area contributed by atoms with Gasteiger partial charge in [0.05, 0.1) is 4.92 Å². The first-order chi connectivity index (χ1) is 15.7. The molecule has 0 bridgehead atoms. The summed E-state index contributed by atoms with van der Waals surface area (Å²) in [4.78, 5) is 27.3. The van der Waals surface area contributed by atoms with Gasteiger partial charge in [-0.1, -0.05) is 30.3 Å². The van der Waals surface area contributed by atoms with Crippen molar-refractivity contribution >= 4 is 11.8 Å². The van der Waals surface area contributed by atoms with Crippen molar-refractivity contribution in [2.45, 2.75) is 64.6 Å². The molecular weight excluding hydrogens is 418 g/mol. The summed E-state index contributed by atoms with van der Waals surface area (Å²) in [7, 11) is 0. The first-order valence-corrected chi connectivity index (χ1v) is 11.7. The minimum Gasteiger partial charge on any atom is -0.444 e. The Hall–Kier alpha value is -2.93. The highest BCUT2D eigenvalue weighted by atomic mass is 16.6. The van der Waals surface area contributed by atoms with Gasteiger partial charge in [0.15, 0.2) is 0 Å². The Bertz CT molecular complexity index is 1010. The van der Waals surface area contributed by atoms with Crippen molar-refractivity contribution in [2.75, 3.05) is 19.6 Å². The van der Waals surface area contributed by atoms with Crippen LogP contribution < -0.4 is 0 Å². The molecule has 0 aromatic heterocycles. The van der Waals surface area contributed by atoms with Crippen LogP contribution in [-0.4, -0.2) is 46.1 Å². The van der Waals surface area contributed by atoms with Gasteiger partial charge in [-0.25, -0.2) is 4.79 Å². The number of nitro benzene ring substituents is 1. The number of non-ortho nitro benzene ring substituents is 1. The van der Waals surface area contributed by atoms with Gasteiger partial charge in [0.1, 0.15) is 5.60 Å². The first kappa shape index (κ1) is 23.2. The van der Waals surface area contributed by atoms with Gasteiger partial charge in [0.2, 0.25) is 0 Å². The Labute approximate surface area is 195 Å². The first-order valence-electron chi connectivity index (χ1n) is 11.7. The van der Waals surface area contributed by atoms with E-state index in [1.54, 1.807) is 17.0 Å². The monoisotopic (exact) mass is 451 g/mol. The van der Waals surface area contributed by atoms with Crippen molar-refractivity contribution in [3.8, 4) is 0 Å². The van der Waals surface area contributed by atoms with E-state index in [1.165, 1.54) is 22.3 Å². The molecule has 33 heavy (non-hydrogen) atoms. The fraction of sp³-hybridized carbons (Fsp3) is 0.500. The van der Waals surface area contributed by atoms with Crippen LogP contribution >= 0.6 is 0 Å². The van der Waals surface area contributed by atoms with Crippen molar-refractivity contribution in [3.05, 3.63) is 74.8 Å². The number of nitro groups is 1. The number of nitrogens with zero attached hydrogens (tertiary/aromatic N) is 3. The van der Waals surface area contributed by atoms with Crippen molar-refractivity contribution in [1.82, 2.24) is 9.80 Å². The number of likely N-dealkylation sites (tertiary alicyclic amines) is 1. The zero-order chi connectivity index (χ0) is 23.6. The summed E-state index contributed by atoms with van der Waals surface area (Å²) in [6.07, 6.45) is 2.72. The van der Waals surface area contributed by atoms with Crippen LogP contribution in [0.3, 0.4) is 0 Å². The van der Waals surface area contributed by atoms with E-state index in [9.17, 15) is 14.9 Å². The lowest BCUT2D eigenvalue weighted by atomic mass is 9.88. The van der Waals surface area contributed by atoms with Crippen molar-refractivity contribution in [2.24, 2.45) is 0 Å². The Kier molecular flexibility index (Phi) is 6.70. The van der Waals surface area contributed by atoms with Gasteiger partial charge < -0.3 is 9.64 Å². The molecule has 2 aliphatic rings. The molecule has 176 valence electrons. The summed E-state index contributed by atoms with van der Waals surface area (Å²) in [6.45, 7) is 9.90. The molecule has 7 nitrogen and oxygen atoms in total.